The highest BCUT2D eigenvalue weighted by Gasteiger charge is 2.25. The van der Waals surface area contributed by atoms with E-state index in [0.29, 0.717) is 5.56 Å². The molecule has 0 saturated carbocycles. The zero-order chi connectivity index (χ0) is 20.4. The van der Waals surface area contributed by atoms with Crippen LogP contribution in [0.2, 0.25) is 0 Å². The lowest BCUT2D eigenvalue weighted by Crippen LogP contribution is -2.26. The normalized spacial score (nSPS) is 11.8. The number of methoxy groups -OCH3 is 1. The Balaban J connectivity index is 2.29. The number of amides is 1. The van der Waals surface area contributed by atoms with E-state index < -0.39 is 22.5 Å². The van der Waals surface area contributed by atoms with Gasteiger partial charge >= 0.3 is 6.61 Å². The number of carbonyl (C=O) groups is 1. The third kappa shape index (κ3) is 4.55. The average Bonchev–Trinajstić information content (AvgIpc) is 2.97. The lowest BCUT2D eigenvalue weighted by atomic mass is 10.2. The van der Waals surface area contributed by atoms with Crippen LogP contribution in [0, 0.1) is 0 Å². The summed E-state index contributed by atoms with van der Waals surface area (Å²) >= 11 is 0. The summed E-state index contributed by atoms with van der Waals surface area (Å²) in [7, 11) is 0.182. The first-order valence-electron chi connectivity index (χ1n) is 7.60. The Hall–Kier alpha value is -2.66. The minimum absolute atomic E-state index is 0.0408. The smallest absolute Gasteiger partial charge is 0.387 e. The van der Waals surface area contributed by atoms with Crippen LogP contribution in [0.4, 0.5) is 8.78 Å². The highest BCUT2D eigenvalue weighted by molar-refractivity contribution is 7.89. The van der Waals surface area contributed by atoms with E-state index in [4.69, 9.17) is 10.5 Å². The zero-order valence-corrected chi connectivity index (χ0v) is 15.7. The first-order chi connectivity index (χ1) is 12.6. The second-order valence-electron chi connectivity index (χ2n) is 5.66. The average molecular weight is 403 g/mol. The number of sulfonamides is 1. The molecule has 8 nitrogen and oxygen atoms in total. The van der Waals surface area contributed by atoms with E-state index in [1.165, 1.54) is 56.2 Å². The second-order valence-corrected chi connectivity index (χ2v) is 7.71. The van der Waals surface area contributed by atoms with Crippen LogP contribution in [0.5, 0.6) is 11.5 Å². The van der Waals surface area contributed by atoms with E-state index in [1.807, 2.05) is 0 Å². The highest BCUT2D eigenvalue weighted by atomic mass is 32.2. The number of aromatic nitrogens is 1. The molecule has 11 heteroatoms. The minimum Gasteiger partial charge on any atom is -0.493 e. The topological polar surface area (TPSA) is 104 Å². The molecule has 1 amide bonds. The number of nitrogens with two attached hydrogens (primary N) is 1. The Morgan fingerprint density at radius 1 is 1.30 bits per heavy atom. The van der Waals surface area contributed by atoms with E-state index in [1.54, 1.807) is 0 Å². The SMILES string of the molecule is COc1ccc(CN(C)S(=O)(=O)c2cc(C(N)=O)n(C)c2)cc1OC(F)F. The summed E-state index contributed by atoms with van der Waals surface area (Å²) in [6.07, 6.45) is 1.27. The number of carbonyl (C=O) groups excluding carboxylic acids is 1. The summed E-state index contributed by atoms with van der Waals surface area (Å²) < 4.78 is 62.1. The fourth-order valence-corrected chi connectivity index (χ4v) is 3.68. The molecular formula is C16H19F2N3O5S. The number of hydrogen-bond donors (Lipinski definition) is 1. The van der Waals surface area contributed by atoms with Crippen molar-refractivity contribution in [3.05, 3.63) is 41.7 Å². The molecule has 0 saturated heterocycles. The van der Waals surface area contributed by atoms with Crippen LogP contribution in [-0.4, -0.2) is 44.0 Å². The van der Waals surface area contributed by atoms with Gasteiger partial charge in [0, 0.05) is 26.8 Å². The van der Waals surface area contributed by atoms with E-state index in [-0.39, 0.29) is 28.6 Å². The van der Waals surface area contributed by atoms with E-state index >= 15 is 0 Å². The van der Waals surface area contributed by atoms with E-state index in [9.17, 15) is 22.0 Å². The van der Waals surface area contributed by atoms with Crippen molar-refractivity contribution in [1.82, 2.24) is 8.87 Å². The molecule has 0 radical (unpaired) electrons. The summed E-state index contributed by atoms with van der Waals surface area (Å²) in [6.45, 7) is -3.17. The van der Waals surface area contributed by atoms with Crippen LogP contribution in [0.15, 0.2) is 35.4 Å². The van der Waals surface area contributed by atoms with Gasteiger partial charge in [-0.2, -0.15) is 13.1 Å². The monoisotopic (exact) mass is 403 g/mol. The lowest BCUT2D eigenvalue weighted by Gasteiger charge is -2.17. The van der Waals surface area contributed by atoms with Gasteiger partial charge in [-0.1, -0.05) is 6.07 Å². The van der Waals surface area contributed by atoms with E-state index in [0.717, 1.165) is 4.31 Å². The van der Waals surface area contributed by atoms with Gasteiger partial charge in [-0.25, -0.2) is 8.42 Å². The van der Waals surface area contributed by atoms with Crippen LogP contribution in [0.3, 0.4) is 0 Å². The fraction of sp³-hybridized carbons (Fsp3) is 0.312. The summed E-state index contributed by atoms with van der Waals surface area (Å²) in [5.41, 5.74) is 5.65. The summed E-state index contributed by atoms with van der Waals surface area (Å²) in [4.78, 5) is 11.2. The molecule has 0 spiro atoms. The standard InChI is InChI=1S/C16H19F2N3O5S/c1-20-9-11(7-12(20)15(19)22)27(23,24)21(2)8-10-4-5-13(25-3)14(6-10)26-16(17)18/h4-7,9,16H,8H2,1-3H3,(H2,19,22). The molecule has 0 aliphatic rings. The van der Waals surface area contributed by atoms with Crippen LogP contribution in [0.25, 0.3) is 0 Å². The largest absolute Gasteiger partial charge is 0.493 e. The van der Waals surface area contributed by atoms with Gasteiger partial charge in [0.05, 0.1) is 7.11 Å². The van der Waals surface area contributed by atoms with Crippen molar-refractivity contribution in [2.45, 2.75) is 18.1 Å². The first kappa shape index (κ1) is 20.6. The lowest BCUT2D eigenvalue weighted by molar-refractivity contribution is -0.0512. The molecule has 0 aliphatic heterocycles. The van der Waals surface area contributed by atoms with Gasteiger partial charge in [-0.3, -0.25) is 4.79 Å². The Morgan fingerprint density at radius 3 is 2.48 bits per heavy atom. The molecule has 27 heavy (non-hydrogen) atoms. The number of halogens is 2. The molecule has 0 aliphatic carbocycles. The Kier molecular flexibility index (Phi) is 6.06. The van der Waals surface area contributed by atoms with Crippen molar-refractivity contribution in [3.63, 3.8) is 0 Å². The maximum atomic E-state index is 12.7. The molecule has 0 atom stereocenters. The summed E-state index contributed by atoms with van der Waals surface area (Å²) in [5, 5.41) is 0. The number of primary amides is 1. The van der Waals surface area contributed by atoms with Crippen LogP contribution in [-0.2, 0) is 23.6 Å². The molecule has 1 aromatic heterocycles. The van der Waals surface area contributed by atoms with Crippen molar-refractivity contribution in [2.75, 3.05) is 14.2 Å². The van der Waals surface area contributed by atoms with Crippen molar-refractivity contribution in [1.29, 1.82) is 0 Å². The van der Waals surface area contributed by atoms with Crippen LogP contribution >= 0.6 is 0 Å². The molecule has 2 rings (SSSR count). The number of hydrogen-bond acceptors (Lipinski definition) is 5. The minimum atomic E-state index is -3.94. The van der Waals surface area contributed by atoms with E-state index in [2.05, 4.69) is 4.74 Å². The Morgan fingerprint density at radius 2 is 1.96 bits per heavy atom. The van der Waals surface area contributed by atoms with Gasteiger partial charge in [0.1, 0.15) is 10.6 Å². The summed E-state index contributed by atoms with van der Waals surface area (Å²) in [5.74, 6) is -0.865. The second kappa shape index (κ2) is 7.92. The number of benzene rings is 1. The number of aryl methyl sites for hydroxylation is 1. The zero-order valence-electron chi connectivity index (χ0n) is 14.8. The first-order valence-corrected chi connectivity index (χ1v) is 9.04. The van der Waals surface area contributed by atoms with Gasteiger partial charge in [0.25, 0.3) is 5.91 Å². The predicted molar refractivity (Wildman–Crippen MR) is 92.2 cm³/mol. The maximum absolute atomic E-state index is 12.7. The number of alkyl halides is 2. The molecule has 1 heterocycles. The van der Waals surface area contributed by atoms with Crippen LogP contribution in [0.1, 0.15) is 16.1 Å². The van der Waals surface area contributed by atoms with Crippen molar-refractivity contribution in [2.24, 2.45) is 12.8 Å². The molecular weight excluding hydrogens is 384 g/mol. The van der Waals surface area contributed by atoms with Gasteiger partial charge < -0.3 is 19.8 Å². The van der Waals surface area contributed by atoms with Crippen molar-refractivity contribution >= 4 is 15.9 Å². The maximum Gasteiger partial charge on any atom is 0.387 e. The molecule has 2 N–H and O–H groups in total. The molecule has 1 aromatic carbocycles. The number of ether oxygens (including phenoxy) is 2. The van der Waals surface area contributed by atoms with Gasteiger partial charge in [0.2, 0.25) is 10.0 Å². The predicted octanol–water partition coefficient (Wildman–Crippen LogP) is 1.55. The van der Waals surface area contributed by atoms with Gasteiger partial charge in [0.15, 0.2) is 11.5 Å². The number of rotatable bonds is 8. The Bertz CT molecular complexity index is 944. The molecule has 2 aromatic rings. The summed E-state index contributed by atoms with van der Waals surface area (Å²) in [6, 6.07) is 5.38. The van der Waals surface area contributed by atoms with Crippen molar-refractivity contribution < 1.29 is 31.5 Å². The third-order valence-corrected chi connectivity index (χ3v) is 5.56. The van der Waals surface area contributed by atoms with Gasteiger partial charge in [-0.15, -0.1) is 0 Å². The molecule has 0 bridgehead atoms. The number of nitrogens with zero attached hydrogens (tertiary/aromatic N) is 2. The molecule has 0 unspecified atom stereocenters. The van der Waals surface area contributed by atoms with Crippen molar-refractivity contribution in [3.8, 4) is 11.5 Å². The van der Waals surface area contributed by atoms with Crippen LogP contribution < -0.4 is 15.2 Å². The molecule has 0 fully saturated rings. The highest BCUT2D eigenvalue weighted by Crippen LogP contribution is 2.30. The fourth-order valence-electron chi connectivity index (χ4n) is 2.45. The molecule has 148 valence electrons. The Labute approximate surface area is 155 Å². The third-order valence-electron chi connectivity index (χ3n) is 3.79. The quantitative estimate of drug-likeness (QED) is 0.720. The van der Waals surface area contributed by atoms with Gasteiger partial charge in [-0.05, 0) is 23.8 Å².